The topological polar surface area (TPSA) is 77.6 Å². The van der Waals surface area contributed by atoms with Crippen molar-refractivity contribution < 1.29 is 9.59 Å². The van der Waals surface area contributed by atoms with E-state index >= 15 is 0 Å². The third-order valence-electron chi connectivity index (χ3n) is 5.27. The lowest BCUT2D eigenvalue weighted by Crippen LogP contribution is -2.54. The molecule has 146 valence electrons. The summed E-state index contributed by atoms with van der Waals surface area (Å²) in [5.41, 5.74) is 8.02. The lowest BCUT2D eigenvalue weighted by molar-refractivity contribution is -0.134. The van der Waals surface area contributed by atoms with E-state index < -0.39 is 0 Å². The van der Waals surface area contributed by atoms with Crippen LogP contribution in [0.2, 0.25) is 0 Å². The minimum absolute atomic E-state index is 0.00289. The Balaban J connectivity index is 1.32. The van der Waals surface area contributed by atoms with Crippen LogP contribution in [0.4, 0.5) is 0 Å². The minimum Gasteiger partial charge on any atom is -0.338 e. The van der Waals surface area contributed by atoms with Crippen LogP contribution in [0, 0.1) is 0 Å². The molecule has 0 bridgehead atoms. The van der Waals surface area contributed by atoms with Gasteiger partial charge in [0.05, 0.1) is 5.56 Å². The predicted octanol–water partition coefficient (Wildman–Crippen LogP) is 1.74. The fraction of sp³-hybridized carbons (Fsp3) is 0.350. The molecule has 4 rings (SSSR count). The second kappa shape index (κ2) is 8.38. The number of amides is 2. The quantitative estimate of drug-likeness (QED) is 0.755. The first-order valence-corrected chi connectivity index (χ1v) is 10.2. The Bertz CT molecular complexity index is 855. The lowest BCUT2D eigenvalue weighted by atomic mass is 10.0. The SMILES string of the molecule is O=C(c1ccccc1Br)N1CCN(C(=O)C2CC(c3cccnc3)NN2)CC1. The van der Waals surface area contributed by atoms with Gasteiger partial charge in [0.1, 0.15) is 6.04 Å². The Morgan fingerprint density at radius 2 is 1.75 bits per heavy atom. The Labute approximate surface area is 172 Å². The second-order valence-corrected chi connectivity index (χ2v) is 7.87. The van der Waals surface area contributed by atoms with Crippen LogP contribution >= 0.6 is 15.9 Å². The molecule has 0 aliphatic carbocycles. The first-order chi connectivity index (χ1) is 13.6. The number of hydrogen-bond acceptors (Lipinski definition) is 5. The molecule has 3 heterocycles. The first kappa shape index (κ1) is 19.0. The number of nitrogens with one attached hydrogen (secondary N) is 2. The maximum Gasteiger partial charge on any atom is 0.255 e. The highest BCUT2D eigenvalue weighted by molar-refractivity contribution is 9.10. The van der Waals surface area contributed by atoms with Gasteiger partial charge in [-0.15, -0.1) is 0 Å². The van der Waals surface area contributed by atoms with Gasteiger partial charge in [-0.2, -0.15) is 0 Å². The monoisotopic (exact) mass is 443 g/mol. The van der Waals surface area contributed by atoms with E-state index in [0.29, 0.717) is 38.2 Å². The summed E-state index contributed by atoms with van der Waals surface area (Å²) in [6.07, 6.45) is 4.24. The van der Waals surface area contributed by atoms with Crippen molar-refractivity contribution in [1.82, 2.24) is 25.6 Å². The number of carbonyl (C=O) groups excluding carboxylic acids is 2. The van der Waals surface area contributed by atoms with Gasteiger partial charge in [-0.1, -0.05) is 18.2 Å². The summed E-state index contributed by atoms with van der Waals surface area (Å²) in [6.45, 7) is 2.17. The number of halogens is 1. The molecule has 2 aliphatic heterocycles. The van der Waals surface area contributed by atoms with Crippen molar-refractivity contribution in [2.75, 3.05) is 26.2 Å². The highest BCUT2D eigenvalue weighted by Gasteiger charge is 2.34. The van der Waals surface area contributed by atoms with Gasteiger partial charge in [0, 0.05) is 49.1 Å². The largest absolute Gasteiger partial charge is 0.338 e. The average molecular weight is 444 g/mol. The maximum atomic E-state index is 12.9. The lowest BCUT2D eigenvalue weighted by Gasteiger charge is -2.36. The van der Waals surface area contributed by atoms with E-state index in [1.165, 1.54) is 0 Å². The molecule has 2 saturated heterocycles. The van der Waals surface area contributed by atoms with E-state index in [1.54, 1.807) is 6.20 Å². The van der Waals surface area contributed by atoms with Crippen molar-refractivity contribution in [2.45, 2.75) is 18.5 Å². The third-order valence-corrected chi connectivity index (χ3v) is 5.96. The van der Waals surface area contributed by atoms with Crippen LogP contribution in [0.5, 0.6) is 0 Å². The molecule has 2 fully saturated rings. The van der Waals surface area contributed by atoms with Crippen molar-refractivity contribution in [3.05, 3.63) is 64.4 Å². The Morgan fingerprint density at radius 1 is 1.00 bits per heavy atom. The number of piperazine rings is 1. The molecule has 1 aromatic heterocycles. The predicted molar refractivity (Wildman–Crippen MR) is 108 cm³/mol. The molecule has 8 heteroatoms. The summed E-state index contributed by atoms with van der Waals surface area (Å²) in [6, 6.07) is 11.1. The molecule has 2 unspecified atom stereocenters. The molecule has 0 radical (unpaired) electrons. The molecule has 28 heavy (non-hydrogen) atoms. The minimum atomic E-state index is -0.268. The van der Waals surface area contributed by atoms with Crippen molar-refractivity contribution in [3.8, 4) is 0 Å². The zero-order valence-corrected chi connectivity index (χ0v) is 16.9. The van der Waals surface area contributed by atoms with Gasteiger partial charge >= 0.3 is 0 Å². The number of rotatable bonds is 3. The molecule has 2 amide bonds. The van der Waals surface area contributed by atoms with E-state index in [4.69, 9.17) is 0 Å². The number of aromatic nitrogens is 1. The van der Waals surface area contributed by atoms with Crippen molar-refractivity contribution in [2.24, 2.45) is 0 Å². The smallest absolute Gasteiger partial charge is 0.255 e. The van der Waals surface area contributed by atoms with E-state index in [-0.39, 0.29) is 23.9 Å². The fourth-order valence-electron chi connectivity index (χ4n) is 3.67. The summed E-state index contributed by atoms with van der Waals surface area (Å²) in [7, 11) is 0. The van der Waals surface area contributed by atoms with Crippen LogP contribution in [-0.2, 0) is 4.79 Å². The van der Waals surface area contributed by atoms with Crippen molar-refractivity contribution in [3.63, 3.8) is 0 Å². The summed E-state index contributed by atoms with van der Waals surface area (Å²) in [4.78, 5) is 33.4. The van der Waals surface area contributed by atoms with Crippen molar-refractivity contribution >= 4 is 27.7 Å². The van der Waals surface area contributed by atoms with E-state index in [9.17, 15) is 9.59 Å². The van der Waals surface area contributed by atoms with Gasteiger partial charge in [-0.3, -0.25) is 14.6 Å². The molecule has 1 aromatic carbocycles. The van der Waals surface area contributed by atoms with Crippen LogP contribution in [0.3, 0.4) is 0 Å². The van der Waals surface area contributed by atoms with Crippen LogP contribution in [0.25, 0.3) is 0 Å². The first-order valence-electron chi connectivity index (χ1n) is 9.37. The van der Waals surface area contributed by atoms with Gasteiger partial charge < -0.3 is 9.80 Å². The Kier molecular flexibility index (Phi) is 5.70. The van der Waals surface area contributed by atoms with Gasteiger partial charge in [-0.25, -0.2) is 10.9 Å². The highest BCUT2D eigenvalue weighted by Crippen LogP contribution is 2.23. The summed E-state index contributed by atoms with van der Waals surface area (Å²) in [5, 5.41) is 0. The third kappa shape index (κ3) is 3.94. The average Bonchev–Trinajstić information content (AvgIpc) is 3.24. The van der Waals surface area contributed by atoms with Crippen LogP contribution in [0.15, 0.2) is 53.3 Å². The van der Waals surface area contributed by atoms with Gasteiger partial charge in [0.25, 0.3) is 5.91 Å². The molecule has 2 atom stereocenters. The maximum absolute atomic E-state index is 12.9. The summed E-state index contributed by atoms with van der Waals surface area (Å²) >= 11 is 3.44. The number of hydrazine groups is 1. The molecule has 0 spiro atoms. The van der Waals surface area contributed by atoms with E-state index in [2.05, 4.69) is 31.8 Å². The Morgan fingerprint density at radius 3 is 2.46 bits per heavy atom. The standard InChI is InChI=1S/C20H22BrN5O2/c21-16-6-2-1-5-15(16)19(27)25-8-10-26(11-9-25)20(28)18-12-17(23-24-18)14-4-3-7-22-13-14/h1-7,13,17-18,23-24H,8-12H2. The molecule has 0 saturated carbocycles. The molecule has 2 N–H and O–H groups in total. The summed E-state index contributed by atoms with van der Waals surface area (Å²) < 4.78 is 0.793. The van der Waals surface area contributed by atoms with E-state index in [0.717, 1.165) is 10.0 Å². The normalized spacial score (nSPS) is 22.3. The number of hydrogen-bond donors (Lipinski definition) is 2. The number of benzene rings is 1. The molecule has 2 aliphatic rings. The zero-order valence-electron chi connectivity index (χ0n) is 15.3. The van der Waals surface area contributed by atoms with Crippen LogP contribution in [0.1, 0.15) is 28.4 Å². The van der Waals surface area contributed by atoms with Crippen molar-refractivity contribution in [1.29, 1.82) is 0 Å². The molecular formula is C20H22BrN5O2. The highest BCUT2D eigenvalue weighted by atomic mass is 79.9. The number of carbonyl (C=O) groups is 2. The molecule has 2 aromatic rings. The second-order valence-electron chi connectivity index (χ2n) is 7.01. The Hall–Kier alpha value is -2.29. The van der Waals surface area contributed by atoms with Gasteiger partial charge in [-0.05, 0) is 46.1 Å². The van der Waals surface area contributed by atoms with Crippen LogP contribution in [-0.4, -0.2) is 58.8 Å². The number of pyridine rings is 1. The molecule has 7 nitrogen and oxygen atoms in total. The van der Waals surface area contributed by atoms with Gasteiger partial charge in [0.2, 0.25) is 5.91 Å². The van der Waals surface area contributed by atoms with E-state index in [1.807, 2.05) is 52.4 Å². The summed E-state index contributed by atoms with van der Waals surface area (Å²) in [5.74, 6) is 0.0729. The molecular weight excluding hydrogens is 422 g/mol. The van der Waals surface area contributed by atoms with Crippen LogP contribution < -0.4 is 10.9 Å². The number of nitrogens with zero attached hydrogens (tertiary/aromatic N) is 3. The van der Waals surface area contributed by atoms with Gasteiger partial charge in [0.15, 0.2) is 0 Å². The fourth-order valence-corrected chi connectivity index (χ4v) is 4.13. The zero-order chi connectivity index (χ0) is 19.5.